The van der Waals surface area contributed by atoms with E-state index in [4.69, 9.17) is 9.47 Å². The van der Waals surface area contributed by atoms with Gasteiger partial charge >= 0.3 is 6.09 Å². The van der Waals surface area contributed by atoms with Crippen LogP contribution < -0.4 is 15.4 Å². The minimum absolute atomic E-state index is 0.324. The molecule has 1 aromatic carbocycles. The summed E-state index contributed by atoms with van der Waals surface area (Å²) in [6.45, 7) is 8.76. The van der Waals surface area contributed by atoms with Crippen LogP contribution in [0.25, 0.3) is 0 Å². The lowest BCUT2D eigenvalue weighted by atomic mass is 10.2. The number of alkyl carbamates (subject to hydrolysis) is 1. The number of rotatable bonds is 4. The average molecular weight is 308 g/mol. The molecule has 1 atom stereocenters. The van der Waals surface area contributed by atoms with Gasteiger partial charge in [0.05, 0.1) is 7.11 Å². The van der Waals surface area contributed by atoms with Crippen LogP contribution in [0.4, 0.5) is 10.5 Å². The van der Waals surface area contributed by atoms with Crippen molar-refractivity contribution in [3.8, 4) is 5.75 Å². The fourth-order valence-electron chi connectivity index (χ4n) is 1.76. The highest BCUT2D eigenvalue weighted by Gasteiger charge is 2.21. The Balaban J connectivity index is 2.61. The molecule has 0 aromatic heterocycles. The molecule has 122 valence electrons. The third-order valence-corrected chi connectivity index (χ3v) is 2.79. The van der Waals surface area contributed by atoms with E-state index in [9.17, 15) is 9.59 Å². The van der Waals surface area contributed by atoms with Crippen LogP contribution in [0.1, 0.15) is 33.3 Å². The van der Waals surface area contributed by atoms with Gasteiger partial charge in [0, 0.05) is 5.69 Å². The summed E-state index contributed by atoms with van der Waals surface area (Å²) >= 11 is 0. The van der Waals surface area contributed by atoms with Crippen molar-refractivity contribution in [1.29, 1.82) is 0 Å². The number of benzene rings is 1. The fraction of sp³-hybridized carbons (Fsp3) is 0.500. The van der Waals surface area contributed by atoms with E-state index < -0.39 is 17.7 Å². The highest BCUT2D eigenvalue weighted by molar-refractivity contribution is 5.96. The van der Waals surface area contributed by atoms with E-state index >= 15 is 0 Å². The lowest BCUT2D eigenvalue weighted by molar-refractivity contribution is -0.117. The number of carbonyl (C=O) groups is 2. The highest BCUT2D eigenvalue weighted by Crippen LogP contribution is 2.21. The Bertz CT molecular complexity index is 550. The Hall–Kier alpha value is -2.24. The lowest BCUT2D eigenvalue weighted by Gasteiger charge is -2.21. The first kappa shape index (κ1) is 17.8. The number of hydrogen-bond acceptors (Lipinski definition) is 4. The summed E-state index contributed by atoms with van der Waals surface area (Å²) in [5.74, 6) is 0.424. The molecule has 6 heteroatoms. The van der Waals surface area contributed by atoms with E-state index in [-0.39, 0.29) is 5.91 Å². The molecular weight excluding hydrogens is 284 g/mol. The SMILES string of the molecule is COc1ccc(NC(=O)[C@H](C)NC(=O)OC(C)(C)C)cc1C. The minimum Gasteiger partial charge on any atom is -0.496 e. The van der Waals surface area contributed by atoms with Crippen molar-refractivity contribution in [3.05, 3.63) is 23.8 Å². The Morgan fingerprint density at radius 2 is 1.86 bits per heavy atom. The minimum atomic E-state index is -0.711. The van der Waals surface area contributed by atoms with Crippen LogP contribution in [0.5, 0.6) is 5.75 Å². The summed E-state index contributed by atoms with van der Waals surface area (Å²) in [5.41, 5.74) is 0.946. The summed E-state index contributed by atoms with van der Waals surface area (Å²) in [5, 5.41) is 5.23. The summed E-state index contributed by atoms with van der Waals surface area (Å²) in [7, 11) is 1.59. The quantitative estimate of drug-likeness (QED) is 0.896. The number of aryl methyl sites for hydroxylation is 1. The van der Waals surface area contributed by atoms with E-state index in [1.54, 1.807) is 53.0 Å². The summed E-state index contributed by atoms with van der Waals surface area (Å²) in [4.78, 5) is 23.7. The highest BCUT2D eigenvalue weighted by atomic mass is 16.6. The van der Waals surface area contributed by atoms with E-state index in [1.807, 2.05) is 6.92 Å². The third kappa shape index (κ3) is 5.63. The van der Waals surface area contributed by atoms with Crippen molar-refractivity contribution in [2.24, 2.45) is 0 Å². The Morgan fingerprint density at radius 3 is 2.36 bits per heavy atom. The Kier molecular flexibility index (Phi) is 5.79. The molecule has 22 heavy (non-hydrogen) atoms. The van der Waals surface area contributed by atoms with Crippen molar-refractivity contribution in [2.75, 3.05) is 12.4 Å². The smallest absolute Gasteiger partial charge is 0.408 e. The molecule has 0 heterocycles. The zero-order valence-corrected chi connectivity index (χ0v) is 13.9. The maximum absolute atomic E-state index is 12.1. The van der Waals surface area contributed by atoms with E-state index in [2.05, 4.69) is 10.6 Å². The van der Waals surface area contributed by atoms with Crippen molar-refractivity contribution < 1.29 is 19.1 Å². The number of nitrogens with one attached hydrogen (secondary N) is 2. The number of ether oxygens (including phenoxy) is 2. The Labute approximate surface area is 131 Å². The summed E-state index contributed by atoms with van der Waals surface area (Å²) < 4.78 is 10.3. The van der Waals surface area contributed by atoms with Gasteiger partial charge < -0.3 is 20.1 Å². The zero-order chi connectivity index (χ0) is 16.9. The molecule has 0 aliphatic carbocycles. The Morgan fingerprint density at radius 1 is 1.23 bits per heavy atom. The number of carbonyl (C=O) groups excluding carboxylic acids is 2. The molecule has 2 amide bonds. The standard InChI is InChI=1S/C16H24N2O4/c1-10-9-12(7-8-13(10)21-6)18-14(19)11(2)17-15(20)22-16(3,4)5/h7-9,11H,1-6H3,(H,17,20)(H,18,19)/t11-/m0/s1. The molecule has 0 aliphatic rings. The van der Waals surface area contributed by atoms with Gasteiger partial charge in [-0.05, 0) is 58.4 Å². The van der Waals surface area contributed by atoms with Gasteiger partial charge in [0.25, 0.3) is 0 Å². The normalized spacial score (nSPS) is 12.3. The number of hydrogen-bond donors (Lipinski definition) is 2. The number of amides is 2. The monoisotopic (exact) mass is 308 g/mol. The van der Waals surface area contributed by atoms with Gasteiger partial charge in [0.15, 0.2) is 0 Å². The average Bonchev–Trinajstić information content (AvgIpc) is 2.36. The molecule has 0 saturated heterocycles. The van der Waals surface area contributed by atoms with Crippen molar-refractivity contribution >= 4 is 17.7 Å². The largest absolute Gasteiger partial charge is 0.496 e. The van der Waals surface area contributed by atoms with E-state index in [0.29, 0.717) is 5.69 Å². The van der Waals surface area contributed by atoms with Crippen molar-refractivity contribution in [3.63, 3.8) is 0 Å². The van der Waals surface area contributed by atoms with Gasteiger partial charge in [-0.1, -0.05) is 0 Å². The third-order valence-electron chi connectivity index (χ3n) is 2.79. The number of anilines is 1. The van der Waals surface area contributed by atoms with Gasteiger partial charge in [0.1, 0.15) is 17.4 Å². The molecule has 0 saturated carbocycles. The predicted molar refractivity (Wildman–Crippen MR) is 85.2 cm³/mol. The molecule has 0 bridgehead atoms. The second kappa shape index (κ2) is 7.15. The molecule has 0 aliphatic heterocycles. The first-order chi connectivity index (χ1) is 10.1. The summed E-state index contributed by atoms with van der Waals surface area (Å²) in [6, 6.07) is 4.61. The van der Waals surface area contributed by atoms with Crippen LogP contribution in [0.15, 0.2) is 18.2 Å². The van der Waals surface area contributed by atoms with Gasteiger partial charge in [-0.3, -0.25) is 4.79 Å². The molecule has 0 unspecified atom stereocenters. The van der Waals surface area contributed by atoms with Crippen LogP contribution >= 0.6 is 0 Å². The van der Waals surface area contributed by atoms with Gasteiger partial charge in [0.2, 0.25) is 5.91 Å². The van der Waals surface area contributed by atoms with Gasteiger partial charge in [-0.15, -0.1) is 0 Å². The first-order valence-corrected chi connectivity index (χ1v) is 7.07. The second-order valence-electron chi connectivity index (χ2n) is 6.04. The maximum atomic E-state index is 12.1. The lowest BCUT2D eigenvalue weighted by Crippen LogP contribution is -2.43. The van der Waals surface area contributed by atoms with Crippen molar-refractivity contribution in [1.82, 2.24) is 5.32 Å². The van der Waals surface area contributed by atoms with Gasteiger partial charge in [-0.25, -0.2) is 4.79 Å². The molecule has 0 spiro atoms. The molecule has 2 N–H and O–H groups in total. The molecule has 1 aromatic rings. The molecule has 6 nitrogen and oxygen atoms in total. The van der Waals surface area contributed by atoms with Crippen LogP contribution in [-0.4, -0.2) is 30.8 Å². The van der Waals surface area contributed by atoms with Gasteiger partial charge in [-0.2, -0.15) is 0 Å². The number of methoxy groups -OCH3 is 1. The molecule has 1 rings (SSSR count). The zero-order valence-electron chi connectivity index (χ0n) is 13.9. The predicted octanol–water partition coefficient (Wildman–Crippen LogP) is 2.86. The first-order valence-electron chi connectivity index (χ1n) is 7.07. The van der Waals surface area contributed by atoms with Crippen LogP contribution in [0, 0.1) is 6.92 Å². The molecule has 0 fully saturated rings. The molecular formula is C16H24N2O4. The topological polar surface area (TPSA) is 76.7 Å². The van der Waals surface area contributed by atoms with Crippen molar-refractivity contribution in [2.45, 2.75) is 46.3 Å². The van der Waals surface area contributed by atoms with E-state index in [0.717, 1.165) is 11.3 Å². The van der Waals surface area contributed by atoms with Crippen LogP contribution in [0.2, 0.25) is 0 Å². The van der Waals surface area contributed by atoms with Crippen LogP contribution in [0.3, 0.4) is 0 Å². The van der Waals surface area contributed by atoms with Crippen LogP contribution in [-0.2, 0) is 9.53 Å². The second-order valence-corrected chi connectivity index (χ2v) is 6.04. The molecule has 0 radical (unpaired) electrons. The summed E-state index contributed by atoms with van der Waals surface area (Å²) in [6.07, 6.45) is -0.624. The maximum Gasteiger partial charge on any atom is 0.408 e. The fourth-order valence-corrected chi connectivity index (χ4v) is 1.76. The van der Waals surface area contributed by atoms with E-state index in [1.165, 1.54) is 0 Å².